The Hall–Kier alpha value is -1.39. The van der Waals surface area contributed by atoms with Crippen LogP contribution in [0.25, 0.3) is 0 Å². The van der Waals surface area contributed by atoms with Crippen LogP contribution in [0.1, 0.15) is 31.7 Å². The average Bonchev–Trinajstić information content (AvgIpc) is 2.58. The summed E-state index contributed by atoms with van der Waals surface area (Å²) >= 11 is 0. The zero-order valence-corrected chi connectivity index (χ0v) is 13.2. The van der Waals surface area contributed by atoms with Crippen LogP contribution in [0, 0.1) is 5.92 Å². The van der Waals surface area contributed by atoms with E-state index in [9.17, 15) is 9.90 Å². The summed E-state index contributed by atoms with van der Waals surface area (Å²) in [5.74, 6) is 0.209. The predicted octanol–water partition coefficient (Wildman–Crippen LogP) is 1.96. The average molecular weight is 303 g/mol. The number of esters is 1. The molecule has 1 aromatic rings. The Bertz CT molecular complexity index is 504. The molecule has 3 saturated heterocycles. The number of rotatable bonds is 5. The monoisotopic (exact) mass is 303 g/mol. The number of fused-ring (bicyclic) bond motifs is 3. The second-order valence-corrected chi connectivity index (χ2v) is 6.54. The molecule has 3 heterocycles. The first kappa shape index (κ1) is 15.5. The molecule has 4 rings (SSSR count). The Morgan fingerprint density at radius 1 is 1.32 bits per heavy atom. The van der Waals surface area contributed by atoms with E-state index < -0.39 is 5.41 Å². The molecule has 0 spiro atoms. The number of hydrogen-bond donors (Lipinski definition) is 1. The SMILES string of the molecule is CC[C@@](CO)(C(=O)O[C@H]1CN2CCC1CC2)c1ccccc1. The molecule has 0 unspecified atom stereocenters. The zero-order chi connectivity index (χ0) is 15.6. The number of aliphatic hydroxyl groups is 1. The Balaban J connectivity index is 1.78. The third-order valence-corrected chi connectivity index (χ3v) is 5.45. The minimum Gasteiger partial charge on any atom is -0.460 e. The van der Waals surface area contributed by atoms with E-state index in [4.69, 9.17) is 4.74 Å². The number of ether oxygens (including phenoxy) is 1. The summed E-state index contributed by atoms with van der Waals surface area (Å²) in [5.41, 5.74) is -0.0981. The van der Waals surface area contributed by atoms with Gasteiger partial charge in [-0.05, 0) is 43.8 Å². The number of benzene rings is 1. The van der Waals surface area contributed by atoms with Gasteiger partial charge in [-0.1, -0.05) is 37.3 Å². The van der Waals surface area contributed by atoms with Gasteiger partial charge in [0.2, 0.25) is 0 Å². The Morgan fingerprint density at radius 3 is 2.50 bits per heavy atom. The summed E-state index contributed by atoms with van der Waals surface area (Å²) in [7, 11) is 0. The molecule has 3 fully saturated rings. The summed E-state index contributed by atoms with van der Waals surface area (Å²) in [6.07, 6.45) is 2.74. The van der Waals surface area contributed by atoms with Crippen LogP contribution in [0.5, 0.6) is 0 Å². The number of carbonyl (C=O) groups excluding carboxylic acids is 1. The lowest BCUT2D eigenvalue weighted by Gasteiger charge is -2.45. The highest BCUT2D eigenvalue weighted by atomic mass is 16.5. The van der Waals surface area contributed by atoms with Gasteiger partial charge < -0.3 is 9.84 Å². The second kappa shape index (κ2) is 6.39. The maximum Gasteiger partial charge on any atom is 0.319 e. The van der Waals surface area contributed by atoms with Crippen LogP contribution in [-0.2, 0) is 14.9 Å². The molecular formula is C18H25NO3. The summed E-state index contributed by atoms with van der Waals surface area (Å²) < 4.78 is 5.89. The van der Waals surface area contributed by atoms with E-state index in [1.807, 2.05) is 37.3 Å². The van der Waals surface area contributed by atoms with E-state index in [1.165, 1.54) is 0 Å². The van der Waals surface area contributed by atoms with Crippen LogP contribution in [0.15, 0.2) is 30.3 Å². The molecule has 0 radical (unpaired) electrons. The maximum absolute atomic E-state index is 12.9. The van der Waals surface area contributed by atoms with Gasteiger partial charge in [0, 0.05) is 6.54 Å². The van der Waals surface area contributed by atoms with Crippen molar-refractivity contribution in [2.24, 2.45) is 5.92 Å². The molecule has 4 nitrogen and oxygen atoms in total. The normalized spacial score (nSPS) is 29.8. The molecule has 2 atom stereocenters. The molecule has 0 aromatic heterocycles. The highest BCUT2D eigenvalue weighted by Gasteiger charge is 2.43. The van der Waals surface area contributed by atoms with E-state index in [0.29, 0.717) is 12.3 Å². The van der Waals surface area contributed by atoms with Crippen molar-refractivity contribution in [3.8, 4) is 0 Å². The molecule has 4 heteroatoms. The molecule has 120 valence electrons. The van der Waals surface area contributed by atoms with Gasteiger partial charge in [-0.25, -0.2) is 0 Å². The van der Waals surface area contributed by atoms with Crippen molar-refractivity contribution in [1.29, 1.82) is 0 Å². The molecule has 0 saturated carbocycles. The van der Waals surface area contributed by atoms with Crippen molar-refractivity contribution >= 4 is 5.97 Å². The lowest BCUT2D eigenvalue weighted by atomic mass is 9.78. The summed E-state index contributed by atoms with van der Waals surface area (Å²) in [4.78, 5) is 15.2. The number of carbonyl (C=O) groups is 1. The summed E-state index contributed by atoms with van der Waals surface area (Å²) in [6, 6.07) is 9.52. The van der Waals surface area contributed by atoms with Crippen molar-refractivity contribution in [2.75, 3.05) is 26.2 Å². The topological polar surface area (TPSA) is 49.8 Å². The molecule has 0 amide bonds. The van der Waals surface area contributed by atoms with Crippen molar-refractivity contribution in [3.05, 3.63) is 35.9 Å². The Labute approximate surface area is 132 Å². The van der Waals surface area contributed by atoms with Crippen LogP contribution >= 0.6 is 0 Å². The molecular weight excluding hydrogens is 278 g/mol. The van der Waals surface area contributed by atoms with Gasteiger partial charge in [0.25, 0.3) is 0 Å². The highest BCUT2D eigenvalue weighted by Crippen LogP contribution is 2.34. The first-order valence-corrected chi connectivity index (χ1v) is 8.29. The molecule has 2 bridgehead atoms. The standard InChI is InChI=1S/C18H25NO3/c1-2-18(13-20,15-6-4-3-5-7-15)17(21)22-16-12-19-10-8-14(16)9-11-19/h3-7,14,16,20H,2,8-13H2,1H3/t16-,18-/m0/s1. The molecule has 3 aliphatic heterocycles. The van der Waals surface area contributed by atoms with E-state index in [0.717, 1.165) is 38.0 Å². The molecule has 0 aliphatic carbocycles. The fourth-order valence-electron chi connectivity index (χ4n) is 3.79. The van der Waals surface area contributed by atoms with Crippen LogP contribution in [0.2, 0.25) is 0 Å². The summed E-state index contributed by atoms with van der Waals surface area (Å²) in [6.45, 7) is 4.80. The number of nitrogens with zero attached hydrogens (tertiary/aromatic N) is 1. The van der Waals surface area contributed by atoms with Gasteiger partial charge >= 0.3 is 5.97 Å². The van der Waals surface area contributed by atoms with Crippen LogP contribution in [0.4, 0.5) is 0 Å². The fraction of sp³-hybridized carbons (Fsp3) is 0.611. The maximum atomic E-state index is 12.9. The zero-order valence-electron chi connectivity index (χ0n) is 13.2. The Kier molecular flexibility index (Phi) is 4.50. The smallest absolute Gasteiger partial charge is 0.319 e. The first-order valence-electron chi connectivity index (χ1n) is 8.29. The van der Waals surface area contributed by atoms with Gasteiger partial charge in [0.15, 0.2) is 0 Å². The van der Waals surface area contributed by atoms with E-state index in [-0.39, 0.29) is 18.7 Å². The van der Waals surface area contributed by atoms with Crippen molar-refractivity contribution in [3.63, 3.8) is 0 Å². The minimum atomic E-state index is -0.937. The minimum absolute atomic E-state index is 0.0174. The molecule has 3 aliphatic rings. The van der Waals surface area contributed by atoms with Gasteiger partial charge in [-0.3, -0.25) is 9.69 Å². The molecule has 1 aromatic carbocycles. The Morgan fingerprint density at radius 2 is 2.00 bits per heavy atom. The lowest BCUT2D eigenvalue weighted by Crippen LogP contribution is -2.54. The highest BCUT2D eigenvalue weighted by molar-refractivity contribution is 5.83. The van der Waals surface area contributed by atoms with Gasteiger partial charge in [-0.15, -0.1) is 0 Å². The van der Waals surface area contributed by atoms with Gasteiger partial charge in [0.05, 0.1) is 6.61 Å². The van der Waals surface area contributed by atoms with Crippen LogP contribution < -0.4 is 0 Å². The largest absolute Gasteiger partial charge is 0.460 e. The number of hydrogen-bond acceptors (Lipinski definition) is 4. The summed E-state index contributed by atoms with van der Waals surface area (Å²) in [5, 5.41) is 9.95. The van der Waals surface area contributed by atoms with Gasteiger partial charge in [0.1, 0.15) is 11.5 Å². The second-order valence-electron chi connectivity index (χ2n) is 6.54. The van der Waals surface area contributed by atoms with E-state index in [2.05, 4.69) is 4.90 Å². The predicted molar refractivity (Wildman–Crippen MR) is 84.5 cm³/mol. The molecule has 22 heavy (non-hydrogen) atoms. The third kappa shape index (κ3) is 2.66. The number of piperidine rings is 3. The number of aliphatic hydroxyl groups excluding tert-OH is 1. The van der Waals surface area contributed by atoms with Crippen LogP contribution in [0.3, 0.4) is 0 Å². The van der Waals surface area contributed by atoms with Crippen molar-refractivity contribution < 1.29 is 14.6 Å². The third-order valence-electron chi connectivity index (χ3n) is 5.45. The van der Waals surface area contributed by atoms with Crippen molar-refractivity contribution in [1.82, 2.24) is 4.90 Å². The fourth-order valence-corrected chi connectivity index (χ4v) is 3.79. The van der Waals surface area contributed by atoms with E-state index in [1.54, 1.807) is 0 Å². The van der Waals surface area contributed by atoms with Crippen molar-refractivity contribution in [2.45, 2.75) is 37.7 Å². The molecule has 1 N–H and O–H groups in total. The first-order chi connectivity index (χ1) is 10.7. The quantitative estimate of drug-likeness (QED) is 0.845. The van der Waals surface area contributed by atoms with Crippen LogP contribution in [-0.4, -0.2) is 48.3 Å². The van der Waals surface area contributed by atoms with Gasteiger partial charge in [-0.2, -0.15) is 0 Å². The lowest BCUT2D eigenvalue weighted by molar-refractivity contribution is -0.167. The van der Waals surface area contributed by atoms with E-state index >= 15 is 0 Å².